The van der Waals surface area contributed by atoms with E-state index in [0.717, 1.165) is 51.9 Å². The zero-order valence-electron chi connectivity index (χ0n) is 13.1. The molecule has 0 aromatic heterocycles. The van der Waals surface area contributed by atoms with Gasteiger partial charge in [-0.15, -0.1) is 0 Å². The number of rotatable bonds is 3. The average Bonchev–Trinajstić information content (AvgIpc) is 2.47. The Morgan fingerprint density at radius 3 is 2.45 bits per heavy atom. The highest BCUT2D eigenvalue weighted by Crippen LogP contribution is 2.26. The lowest BCUT2D eigenvalue weighted by molar-refractivity contribution is -0.147. The molecule has 20 heavy (non-hydrogen) atoms. The van der Waals surface area contributed by atoms with Crippen LogP contribution >= 0.6 is 0 Å². The van der Waals surface area contributed by atoms with Gasteiger partial charge in [-0.1, -0.05) is 12.8 Å². The van der Waals surface area contributed by atoms with Gasteiger partial charge in [0.2, 0.25) is 5.91 Å². The highest BCUT2D eigenvalue weighted by Gasteiger charge is 2.40. The van der Waals surface area contributed by atoms with Gasteiger partial charge in [-0.3, -0.25) is 9.69 Å². The van der Waals surface area contributed by atoms with Crippen molar-refractivity contribution in [1.29, 1.82) is 0 Å². The maximum absolute atomic E-state index is 12.9. The summed E-state index contributed by atoms with van der Waals surface area (Å²) in [6.45, 7) is 7.69. The van der Waals surface area contributed by atoms with Gasteiger partial charge in [-0.25, -0.2) is 0 Å². The Hall–Kier alpha value is -0.650. The molecule has 0 aromatic carbocycles. The topological polar surface area (TPSA) is 55.8 Å². The Labute approximate surface area is 122 Å². The van der Waals surface area contributed by atoms with Gasteiger partial charge in [0.05, 0.1) is 17.7 Å². The summed E-state index contributed by atoms with van der Waals surface area (Å²) in [5.41, 5.74) is -0.492. The minimum Gasteiger partial charge on any atom is -0.391 e. The van der Waals surface area contributed by atoms with E-state index in [-0.39, 0.29) is 18.1 Å². The third-order valence-corrected chi connectivity index (χ3v) is 4.94. The number of carbonyl (C=O) groups excluding carboxylic acids is 1. The number of hydrogen-bond donors (Lipinski definition) is 2. The van der Waals surface area contributed by atoms with Crippen LogP contribution in [-0.2, 0) is 4.79 Å². The number of carbonyl (C=O) groups is 1. The second kappa shape index (κ2) is 6.41. The fourth-order valence-corrected chi connectivity index (χ4v) is 3.48. The quantitative estimate of drug-likeness (QED) is 0.789. The molecule has 2 unspecified atom stereocenters. The molecule has 1 heterocycles. The van der Waals surface area contributed by atoms with Gasteiger partial charge < -0.3 is 15.3 Å². The molecule has 5 heteroatoms. The molecule has 1 amide bonds. The first-order valence-corrected chi connectivity index (χ1v) is 7.85. The Balaban J connectivity index is 2.04. The lowest BCUT2D eigenvalue weighted by Gasteiger charge is -2.44. The number of likely N-dealkylation sites (N-methyl/N-ethyl adjacent to an activating group) is 1. The Bertz CT molecular complexity index is 340. The molecule has 1 aliphatic carbocycles. The summed E-state index contributed by atoms with van der Waals surface area (Å²) in [6, 6.07) is -0.0153. The minimum atomic E-state index is -0.492. The van der Waals surface area contributed by atoms with Gasteiger partial charge in [0.1, 0.15) is 0 Å². The van der Waals surface area contributed by atoms with E-state index in [9.17, 15) is 9.90 Å². The standard InChI is InChI=1S/C15H29N3O2/c1-15(2,18-10-8-16-9-11-18)14(20)17(3)12-6-4-5-7-13(12)19/h12-13,16,19H,4-11H2,1-3H3. The molecule has 2 N–H and O–H groups in total. The molecule has 1 aliphatic heterocycles. The van der Waals surface area contributed by atoms with Gasteiger partial charge in [0.25, 0.3) is 0 Å². The Kier molecular flexibility index (Phi) is 5.04. The Morgan fingerprint density at radius 1 is 1.25 bits per heavy atom. The molecule has 116 valence electrons. The van der Waals surface area contributed by atoms with Crippen LogP contribution in [0, 0.1) is 0 Å². The zero-order chi connectivity index (χ0) is 14.8. The molecule has 1 saturated heterocycles. The van der Waals surface area contributed by atoms with Crippen LogP contribution in [0.3, 0.4) is 0 Å². The molecule has 2 atom stereocenters. The highest BCUT2D eigenvalue weighted by molar-refractivity contribution is 5.85. The summed E-state index contributed by atoms with van der Waals surface area (Å²) in [6.07, 6.45) is 3.54. The zero-order valence-corrected chi connectivity index (χ0v) is 13.1. The average molecular weight is 283 g/mol. The first kappa shape index (κ1) is 15.7. The van der Waals surface area contributed by atoms with E-state index in [1.807, 2.05) is 20.9 Å². The van der Waals surface area contributed by atoms with E-state index in [2.05, 4.69) is 10.2 Å². The van der Waals surface area contributed by atoms with Crippen molar-refractivity contribution >= 4 is 5.91 Å². The predicted molar refractivity (Wildman–Crippen MR) is 79.6 cm³/mol. The van der Waals surface area contributed by atoms with Crippen molar-refractivity contribution in [2.75, 3.05) is 33.2 Å². The third kappa shape index (κ3) is 3.15. The van der Waals surface area contributed by atoms with Crippen molar-refractivity contribution in [3.8, 4) is 0 Å². The van der Waals surface area contributed by atoms with Crippen LogP contribution in [0.1, 0.15) is 39.5 Å². The summed E-state index contributed by atoms with van der Waals surface area (Å²) in [4.78, 5) is 16.9. The maximum Gasteiger partial charge on any atom is 0.242 e. The summed E-state index contributed by atoms with van der Waals surface area (Å²) in [5.74, 6) is 0.130. The van der Waals surface area contributed by atoms with Crippen molar-refractivity contribution in [3.05, 3.63) is 0 Å². The second-order valence-electron chi connectivity index (χ2n) is 6.63. The number of aliphatic hydroxyl groups is 1. The van der Waals surface area contributed by atoms with Gasteiger partial charge in [-0.2, -0.15) is 0 Å². The van der Waals surface area contributed by atoms with Crippen molar-refractivity contribution in [1.82, 2.24) is 15.1 Å². The fraction of sp³-hybridized carbons (Fsp3) is 0.933. The molecular weight excluding hydrogens is 254 g/mol. The van der Waals surface area contributed by atoms with Crippen molar-refractivity contribution in [2.45, 2.75) is 57.2 Å². The second-order valence-corrected chi connectivity index (χ2v) is 6.63. The number of nitrogens with one attached hydrogen (secondary N) is 1. The summed E-state index contributed by atoms with van der Waals surface area (Å²) in [5, 5.41) is 13.5. The van der Waals surface area contributed by atoms with Gasteiger partial charge in [0, 0.05) is 33.2 Å². The molecule has 1 saturated carbocycles. The van der Waals surface area contributed by atoms with E-state index in [1.54, 1.807) is 4.90 Å². The van der Waals surface area contributed by atoms with E-state index in [1.165, 1.54) is 0 Å². The van der Waals surface area contributed by atoms with E-state index in [4.69, 9.17) is 0 Å². The fourth-order valence-electron chi connectivity index (χ4n) is 3.48. The SMILES string of the molecule is CN(C(=O)C(C)(C)N1CCNCC1)C1CCCCC1O. The van der Waals surface area contributed by atoms with Gasteiger partial charge in [0.15, 0.2) is 0 Å². The van der Waals surface area contributed by atoms with E-state index < -0.39 is 5.54 Å². The van der Waals surface area contributed by atoms with Crippen LogP contribution in [0.2, 0.25) is 0 Å². The third-order valence-electron chi connectivity index (χ3n) is 4.94. The predicted octanol–water partition coefficient (Wildman–Crippen LogP) is 0.432. The number of piperazine rings is 1. The van der Waals surface area contributed by atoms with Gasteiger partial charge in [-0.05, 0) is 26.7 Å². The molecule has 2 rings (SSSR count). The minimum absolute atomic E-state index is 0.0153. The smallest absolute Gasteiger partial charge is 0.242 e. The monoisotopic (exact) mass is 283 g/mol. The van der Waals surface area contributed by atoms with Crippen molar-refractivity contribution in [3.63, 3.8) is 0 Å². The molecule has 0 radical (unpaired) electrons. The molecule has 0 spiro atoms. The van der Waals surface area contributed by atoms with Crippen LogP contribution in [0.5, 0.6) is 0 Å². The van der Waals surface area contributed by atoms with Crippen LogP contribution in [0.4, 0.5) is 0 Å². The first-order valence-electron chi connectivity index (χ1n) is 7.85. The van der Waals surface area contributed by atoms with Crippen LogP contribution < -0.4 is 5.32 Å². The van der Waals surface area contributed by atoms with Gasteiger partial charge >= 0.3 is 0 Å². The Morgan fingerprint density at radius 2 is 1.85 bits per heavy atom. The molecule has 2 fully saturated rings. The number of hydrogen-bond acceptors (Lipinski definition) is 4. The number of amides is 1. The van der Waals surface area contributed by atoms with Crippen LogP contribution in [-0.4, -0.2) is 71.7 Å². The molecule has 5 nitrogen and oxygen atoms in total. The van der Waals surface area contributed by atoms with E-state index in [0.29, 0.717) is 0 Å². The molecule has 0 bridgehead atoms. The van der Waals surface area contributed by atoms with Crippen molar-refractivity contribution < 1.29 is 9.90 Å². The van der Waals surface area contributed by atoms with Crippen molar-refractivity contribution in [2.24, 2.45) is 0 Å². The van der Waals surface area contributed by atoms with Crippen LogP contribution in [0.25, 0.3) is 0 Å². The maximum atomic E-state index is 12.9. The number of aliphatic hydroxyl groups excluding tert-OH is 1. The lowest BCUT2D eigenvalue weighted by atomic mass is 9.90. The lowest BCUT2D eigenvalue weighted by Crippen LogP contribution is -2.62. The number of nitrogens with zero attached hydrogens (tertiary/aromatic N) is 2. The molecule has 2 aliphatic rings. The normalized spacial score (nSPS) is 29.2. The summed E-state index contributed by atoms with van der Waals surface area (Å²) >= 11 is 0. The largest absolute Gasteiger partial charge is 0.391 e. The molecule has 0 aromatic rings. The first-order chi connectivity index (χ1) is 9.44. The molecular formula is C15H29N3O2. The van der Waals surface area contributed by atoms with Crippen LogP contribution in [0.15, 0.2) is 0 Å². The highest BCUT2D eigenvalue weighted by atomic mass is 16.3. The van der Waals surface area contributed by atoms with E-state index >= 15 is 0 Å². The summed E-state index contributed by atoms with van der Waals surface area (Å²) < 4.78 is 0. The summed E-state index contributed by atoms with van der Waals surface area (Å²) in [7, 11) is 1.85.